The predicted octanol–water partition coefficient (Wildman–Crippen LogP) is 5.30. The van der Waals surface area contributed by atoms with Crippen molar-refractivity contribution in [3.63, 3.8) is 0 Å². The number of benzene rings is 2. The lowest BCUT2D eigenvalue weighted by atomic mass is 9.95. The molecule has 0 spiro atoms. The Morgan fingerprint density at radius 2 is 1.93 bits per heavy atom. The standard InChI is InChI=1S/C30H24Cl2N2O7S/c1-5-39-29(37)25-15(2)33-30-34(27(25)17-9-11-22(40-16(3)35)23(13-17)38-4)28(36)24(42-30)14-18-10-12-21(41-18)19-7-6-8-20(31)26(19)32/h6-14,27H,5H2,1-4H3/b24-14+/t27-/m1/s1. The number of aromatic nitrogens is 1. The molecule has 0 amide bonds. The second-order valence-electron chi connectivity index (χ2n) is 9.11. The van der Waals surface area contributed by atoms with E-state index in [4.69, 9.17) is 41.8 Å². The number of nitrogens with zero attached hydrogens (tertiary/aromatic N) is 2. The van der Waals surface area contributed by atoms with Crippen LogP contribution in [0.4, 0.5) is 0 Å². The van der Waals surface area contributed by atoms with Gasteiger partial charge in [0.2, 0.25) is 0 Å². The van der Waals surface area contributed by atoms with Crippen molar-refractivity contribution < 1.29 is 28.2 Å². The van der Waals surface area contributed by atoms with E-state index in [0.29, 0.717) is 47.7 Å². The molecule has 1 aliphatic heterocycles. The molecule has 0 saturated heterocycles. The molecule has 0 N–H and O–H groups in total. The Balaban J connectivity index is 1.65. The molecule has 0 bridgehead atoms. The molecule has 216 valence electrons. The van der Waals surface area contributed by atoms with Crippen LogP contribution in [0.3, 0.4) is 0 Å². The summed E-state index contributed by atoms with van der Waals surface area (Å²) in [6.07, 6.45) is 1.61. The Labute approximate surface area is 253 Å². The van der Waals surface area contributed by atoms with E-state index in [-0.39, 0.29) is 29.2 Å². The highest BCUT2D eigenvalue weighted by molar-refractivity contribution is 7.07. The number of methoxy groups -OCH3 is 1. The average Bonchev–Trinajstić information content (AvgIpc) is 3.53. The minimum atomic E-state index is -0.889. The summed E-state index contributed by atoms with van der Waals surface area (Å²) in [6, 6.07) is 12.6. The van der Waals surface area contributed by atoms with Crippen LogP contribution in [0.5, 0.6) is 11.5 Å². The molecule has 9 nitrogen and oxygen atoms in total. The molecule has 2 aromatic heterocycles. The number of ether oxygens (including phenoxy) is 3. The minimum Gasteiger partial charge on any atom is -0.493 e. The second-order valence-corrected chi connectivity index (χ2v) is 10.9. The van der Waals surface area contributed by atoms with Crippen LogP contribution >= 0.6 is 34.5 Å². The van der Waals surface area contributed by atoms with Crippen LogP contribution in [0.15, 0.2) is 74.0 Å². The van der Waals surface area contributed by atoms with Crippen LogP contribution in [0.25, 0.3) is 17.4 Å². The first-order valence-electron chi connectivity index (χ1n) is 12.7. The molecule has 0 fully saturated rings. The molecule has 42 heavy (non-hydrogen) atoms. The molecule has 12 heteroatoms. The molecular formula is C30H24Cl2N2O7S. The molecule has 2 aromatic carbocycles. The number of allylic oxidation sites excluding steroid dienone is 1. The van der Waals surface area contributed by atoms with E-state index in [1.165, 1.54) is 18.6 Å². The maximum Gasteiger partial charge on any atom is 0.338 e. The van der Waals surface area contributed by atoms with Gasteiger partial charge < -0.3 is 18.6 Å². The first-order chi connectivity index (χ1) is 20.1. The van der Waals surface area contributed by atoms with Gasteiger partial charge in [-0.1, -0.05) is 46.7 Å². The van der Waals surface area contributed by atoms with Gasteiger partial charge >= 0.3 is 11.9 Å². The molecule has 1 aliphatic rings. The summed E-state index contributed by atoms with van der Waals surface area (Å²) >= 11 is 13.7. The summed E-state index contributed by atoms with van der Waals surface area (Å²) in [6.45, 7) is 4.80. The Morgan fingerprint density at radius 3 is 2.64 bits per heavy atom. The van der Waals surface area contributed by atoms with Gasteiger partial charge in [-0.05, 0) is 55.8 Å². The number of rotatable bonds is 7. The number of fused-ring (bicyclic) bond motifs is 1. The Bertz CT molecular complexity index is 1940. The van der Waals surface area contributed by atoms with Crippen LogP contribution < -0.4 is 24.4 Å². The molecule has 0 aliphatic carbocycles. The highest BCUT2D eigenvalue weighted by atomic mass is 35.5. The maximum absolute atomic E-state index is 13.9. The van der Waals surface area contributed by atoms with Crippen molar-refractivity contribution in [1.82, 2.24) is 4.57 Å². The number of halogens is 2. The Morgan fingerprint density at radius 1 is 1.14 bits per heavy atom. The number of hydrogen-bond acceptors (Lipinski definition) is 9. The molecule has 0 unspecified atom stereocenters. The predicted molar refractivity (Wildman–Crippen MR) is 159 cm³/mol. The first-order valence-corrected chi connectivity index (χ1v) is 14.3. The Kier molecular flexibility index (Phi) is 8.40. The van der Waals surface area contributed by atoms with Crippen molar-refractivity contribution >= 4 is 52.6 Å². The summed E-state index contributed by atoms with van der Waals surface area (Å²) < 4.78 is 23.8. The lowest BCUT2D eigenvalue weighted by molar-refractivity contribution is -0.139. The molecule has 0 saturated carbocycles. The summed E-state index contributed by atoms with van der Waals surface area (Å²) in [4.78, 5) is 43.6. The van der Waals surface area contributed by atoms with Gasteiger partial charge in [-0.15, -0.1) is 0 Å². The van der Waals surface area contributed by atoms with Gasteiger partial charge in [0.1, 0.15) is 11.5 Å². The number of esters is 2. The van der Waals surface area contributed by atoms with Gasteiger partial charge in [0.15, 0.2) is 16.3 Å². The molecule has 1 atom stereocenters. The van der Waals surface area contributed by atoms with Gasteiger partial charge in [-0.25, -0.2) is 9.79 Å². The largest absolute Gasteiger partial charge is 0.493 e. The van der Waals surface area contributed by atoms with Crippen molar-refractivity contribution in [2.24, 2.45) is 4.99 Å². The van der Waals surface area contributed by atoms with Crippen molar-refractivity contribution in [2.45, 2.75) is 26.8 Å². The molecule has 0 radical (unpaired) electrons. The van der Waals surface area contributed by atoms with Crippen LogP contribution in [0.2, 0.25) is 10.0 Å². The highest BCUT2D eigenvalue weighted by Gasteiger charge is 2.34. The molecular weight excluding hydrogens is 603 g/mol. The normalized spacial score (nSPS) is 14.8. The number of carbonyl (C=O) groups excluding carboxylic acids is 2. The zero-order valence-electron chi connectivity index (χ0n) is 22.9. The van der Waals surface area contributed by atoms with Crippen molar-refractivity contribution in [2.75, 3.05) is 13.7 Å². The quantitative estimate of drug-likeness (QED) is 0.202. The lowest BCUT2D eigenvalue weighted by Crippen LogP contribution is -2.39. The number of carbonyl (C=O) groups is 2. The first kappa shape index (κ1) is 29.4. The second kappa shape index (κ2) is 12.0. The summed E-state index contributed by atoms with van der Waals surface area (Å²) in [5.74, 6) is 0.237. The average molecular weight is 628 g/mol. The van der Waals surface area contributed by atoms with Gasteiger partial charge in [0, 0.05) is 18.6 Å². The van der Waals surface area contributed by atoms with E-state index in [0.717, 1.165) is 11.3 Å². The van der Waals surface area contributed by atoms with Gasteiger partial charge in [-0.3, -0.25) is 14.2 Å². The highest BCUT2D eigenvalue weighted by Crippen LogP contribution is 2.37. The molecule has 4 aromatic rings. The zero-order chi connectivity index (χ0) is 30.1. The van der Waals surface area contributed by atoms with E-state index >= 15 is 0 Å². The van der Waals surface area contributed by atoms with Gasteiger partial charge in [-0.2, -0.15) is 0 Å². The fourth-order valence-electron chi connectivity index (χ4n) is 4.60. The maximum atomic E-state index is 13.9. The van der Waals surface area contributed by atoms with Crippen molar-refractivity contribution in [3.8, 4) is 22.8 Å². The van der Waals surface area contributed by atoms with Crippen LogP contribution in [-0.4, -0.2) is 30.2 Å². The van der Waals surface area contributed by atoms with E-state index in [9.17, 15) is 14.4 Å². The third-order valence-corrected chi connectivity index (χ3v) is 8.19. The monoisotopic (exact) mass is 626 g/mol. The third-order valence-electron chi connectivity index (χ3n) is 6.39. The van der Waals surface area contributed by atoms with Crippen LogP contribution in [0.1, 0.15) is 38.1 Å². The lowest BCUT2D eigenvalue weighted by Gasteiger charge is -2.25. The van der Waals surface area contributed by atoms with E-state index < -0.39 is 18.0 Å². The topological polar surface area (TPSA) is 109 Å². The van der Waals surface area contributed by atoms with Crippen LogP contribution in [-0.2, 0) is 14.3 Å². The zero-order valence-corrected chi connectivity index (χ0v) is 25.2. The van der Waals surface area contributed by atoms with Gasteiger partial charge in [0.05, 0.1) is 45.6 Å². The number of hydrogen-bond donors (Lipinski definition) is 0. The van der Waals surface area contributed by atoms with Crippen molar-refractivity contribution in [1.29, 1.82) is 0 Å². The summed E-state index contributed by atoms with van der Waals surface area (Å²) in [5, 5.41) is 0.752. The SMILES string of the molecule is CCOC(=O)C1=C(C)N=c2s/c(=C/c3ccc(-c4cccc(Cl)c4Cl)o3)c(=O)n2[C@@H]1c1ccc(OC(C)=O)c(OC)c1. The van der Waals surface area contributed by atoms with Crippen molar-refractivity contribution in [3.05, 3.63) is 101 Å². The number of thiazole rings is 1. The fraction of sp³-hybridized carbons (Fsp3) is 0.200. The smallest absolute Gasteiger partial charge is 0.338 e. The van der Waals surface area contributed by atoms with Crippen LogP contribution in [0, 0.1) is 0 Å². The molecule has 3 heterocycles. The van der Waals surface area contributed by atoms with E-state index in [1.807, 2.05) is 0 Å². The minimum absolute atomic E-state index is 0.138. The summed E-state index contributed by atoms with van der Waals surface area (Å²) in [7, 11) is 1.43. The number of furan rings is 1. The van der Waals surface area contributed by atoms with Gasteiger partial charge in [0.25, 0.3) is 5.56 Å². The van der Waals surface area contributed by atoms with E-state index in [1.54, 1.807) is 68.5 Å². The van der Waals surface area contributed by atoms with E-state index in [2.05, 4.69) is 4.99 Å². The molecule has 5 rings (SSSR count). The summed E-state index contributed by atoms with van der Waals surface area (Å²) in [5.41, 5.74) is 1.37. The fourth-order valence-corrected chi connectivity index (χ4v) is 6.02. The Hall–Kier alpha value is -4.12. The third kappa shape index (κ3) is 5.53.